The topological polar surface area (TPSA) is 101 Å². The average Bonchev–Trinajstić information content (AvgIpc) is 1.91. The SMILES string of the molecule is N[C@@H](CO)C(=O)O.O=[SH2]. The molecule has 0 bridgehead atoms. The van der Waals surface area contributed by atoms with E-state index in [2.05, 4.69) is 0 Å². The Hall–Kier alpha value is -0.460. The molecule has 0 aliphatic heterocycles. The summed E-state index contributed by atoms with van der Waals surface area (Å²) in [6.45, 7) is -0.505. The van der Waals surface area contributed by atoms with Crippen molar-refractivity contribution in [3.05, 3.63) is 0 Å². The van der Waals surface area contributed by atoms with Crippen LogP contribution in [0.3, 0.4) is 0 Å². The number of nitrogens with two attached hydrogens (primary N) is 1. The van der Waals surface area contributed by atoms with Crippen LogP contribution in [-0.4, -0.2) is 33.0 Å². The molecule has 0 aromatic carbocycles. The van der Waals surface area contributed by atoms with Gasteiger partial charge in [0.15, 0.2) is 0 Å². The Morgan fingerprint density at radius 3 is 2.00 bits per heavy atom. The van der Waals surface area contributed by atoms with Crippen molar-refractivity contribution in [1.82, 2.24) is 0 Å². The number of carbonyl (C=O) groups is 1. The van der Waals surface area contributed by atoms with Crippen molar-refractivity contribution in [2.24, 2.45) is 5.73 Å². The van der Waals surface area contributed by atoms with Crippen LogP contribution >= 0.6 is 0 Å². The fourth-order valence-electron chi connectivity index (χ4n) is 0.0781. The quantitative estimate of drug-likeness (QED) is 0.410. The third kappa shape index (κ3) is 7.54. The van der Waals surface area contributed by atoms with Crippen molar-refractivity contribution < 1.29 is 19.2 Å². The summed E-state index contributed by atoms with van der Waals surface area (Å²) in [5, 5.41) is 15.9. The van der Waals surface area contributed by atoms with Crippen molar-refractivity contribution >= 4 is 18.5 Å². The lowest BCUT2D eigenvalue weighted by atomic mass is 10.3. The summed E-state index contributed by atoms with van der Waals surface area (Å²) in [5.41, 5.74) is 4.77. The Morgan fingerprint density at radius 2 is 2.00 bits per heavy atom. The van der Waals surface area contributed by atoms with Gasteiger partial charge >= 0.3 is 5.97 Å². The minimum Gasteiger partial charge on any atom is -0.480 e. The van der Waals surface area contributed by atoms with Crippen molar-refractivity contribution in [1.29, 1.82) is 0 Å². The largest absolute Gasteiger partial charge is 0.480 e. The number of aliphatic hydroxyl groups is 1. The van der Waals surface area contributed by atoms with Gasteiger partial charge in [0, 0.05) is 0 Å². The first-order chi connectivity index (χ1) is 4.18. The molecule has 56 valence electrons. The predicted molar refractivity (Wildman–Crippen MR) is 33.6 cm³/mol. The Bertz CT molecular complexity index is 87.9. The molecule has 9 heavy (non-hydrogen) atoms. The summed E-state index contributed by atoms with van der Waals surface area (Å²) in [6, 6.07) is -1.13. The molecule has 0 unspecified atom stereocenters. The molecule has 0 fully saturated rings. The van der Waals surface area contributed by atoms with Gasteiger partial charge in [0.1, 0.15) is 6.04 Å². The molecule has 0 saturated carbocycles. The van der Waals surface area contributed by atoms with E-state index in [0.717, 1.165) is 0 Å². The molecule has 0 radical (unpaired) electrons. The minimum atomic E-state index is -1.18. The molecule has 0 aliphatic rings. The molecule has 1 atom stereocenters. The standard InChI is InChI=1S/C3H7NO3.H2OS/c4-2(1-5)3(6)7;1-2/h2,5H,1,4H2,(H,6,7);2H2/t2-;/m0./s1. The zero-order valence-electron chi connectivity index (χ0n) is 4.57. The van der Waals surface area contributed by atoms with E-state index in [1.807, 2.05) is 0 Å². The zero-order valence-corrected chi connectivity index (χ0v) is 5.57. The number of hydrogen-bond donors (Lipinski definition) is 3. The van der Waals surface area contributed by atoms with Gasteiger partial charge in [-0.3, -0.25) is 9.00 Å². The molecule has 0 heterocycles. The van der Waals surface area contributed by atoms with Gasteiger partial charge in [0.25, 0.3) is 0 Å². The first kappa shape index (κ1) is 11.4. The lowest BCUT2D eigenvalue weighted by Gasteiger charge is -1.96. The van der Waals surface area contributed by atoms with Gasteiger partial charge in [-0.1, -0.05) is 0 Å². The van der Waals surface area contributed by atoms with E-state index < -0.39 is 18.6 Å². The Balaban J connectivity index is 0. The van der Waals surface area contributed by atoms with Gasteiger partial charge in [-0.2, -0.15) is 0 Å². The van der Waals surface area contributed by atoms with Crippen LogP contribution in [0.1, 0.15) is 0 Å². The summed E-state index contributed by atoms with van der Waals surface area (Å²) in [4.78, 5) is 9.65. The molecule has 0 aliphatic carbocycles. The molecule has 5 nitrogen and oxygen atoms in total. The first-order valence-corrected chi connectivity index (χ1v) is 2.39. The van der Waals surface area contributed by atoms with Gasteiger partial charge in [-0.15, -0.1) is 0 Å². The van der Waals surface area contributed by atoms with Crippen molar-refractivity contribution in [3.8, 4) is 0 Å². The fourth-order valence-corrected chi connectivity index (χ4v) is 0.0781. The zero-order chi connectivity index (χ0) is 7.86. The van der Waals surface area contributed by atoms with Gasteiger partial charge in [-0.05, 0) is 12.5 Å². The lowest BCUT2D eigenvalue weighted by Crippen LogP contribution is -2.33. The van der Waals surface area contributed by atoms with Crippen LogP contribution in [0.5, 0.6) is 0 Å². The van der Waals surface area contributed by atoms with Crippen LogP contribution < -0.4 is 5.73 Å². The van der Waals surface area contributed by atoms with E-state index in [1.165, 1.54) is 0 Å². The summed E-state index contributed by atoms with van der Waals surface area (Å²) >= 11 is 1.72. The molecule has 0 rings (SSSR count). The second-order valence-electron chi connectivity index (χ2n) is 1.13. The summed E-state index contributed by atoms with van der Waals surface area (Å²) in [5.74, 6) is -1.18. The van der Waals surface area contributed by atoms with Crippen molar-refractivity contribution in [2.45, 2.75) is 6.04 Å². The van der Waals surface area contributed by atoms with E-state index in [0.29, 0.717) is 0 Å². The number of rotatable bonds is 2. The molecule has 4 N–H and O–H groups in total. The average molecular weight is 155 g/mol. The molecule has 0 amide bonds. The Morgan fingerprint density at radius 1 is 1.67 bits per heavy atom. The van der Waals surface area contributed by atoms with Crippen molar-refractivity contribution in [2.75, 3.05) is 6.61 Å². The third-order valence-corrected chi connectivity index (χ3v) is 0.514. The highest BCUT2D eigenvalue weighted by Crippen LogP contribution is 1.71. The van der Waals surface area contributed by atoms with Crippen LogP contribution in [0.4, 0.5) is 0 Å². The smallest absolute Gasteiger partial charge is 0.322 e. The number of aliphatic carboxylic acids is 1. The molecule has 6 heteroatoms. The highest BCUT2D eigenvalue weighted by atomic mass is 32.1. The van der Waals surface area contributed by atoms with Crippen LogP contribution in [0.15, 0.2) is 0 Å². The summed E-state index contributed by atoms with van der Waals surface area (Å²) in [7, 11) is 0. The molecular weight excluding hydrogens is 146 g/mol. The van der Waals surface area contributed by atoms with Crippen molar-refractivity contribution in [3.63, 3.8) is 0 Å². The third-order valence-electron chi connectivity index (χ3n) is 0.514. The van der Waals surface area contributed by atoms with E-state index in [4.69, 9.17) is 20.2 Å². The predicted octanol–water partition coefficient (Wildman–Crippen LogP) is -2.48. The van der Waals surface area contributed by atoms with Crippen LogP contribution in [0, 0.1) is 0 Å². The highest BCUT2D eigenvalue weighted by Gasteiger charge is 2.06. The lowest BCUT2D eigenvalue weighted by molar-refractivity contribution is -0.139. The second kappa shape index (κ2) is 7.54. The number of carboxylic acids is 1. The van der Waals surface area contributed by atoms with Crippen LogP contribution in [0.25, 0.3) is 0 Å². The Kier molecular flexibility index (Phi) is 9.51. The number of aliphatic hydroxyl groups excluding tert-OH is 1. The molecule has 0 spiro atoms. The number of carboxylic acid groups (broad SMARTS) is 1. The maximum Gasteiger partial charge on any atom is 0.322 e. The van der Waals surface area contributed by atoms with Gasteiger partial charge < -0.3 is 15.9 Å². The van der Waals surface area contributed by atoms with Gasteiger partial charge in [0.05, 0.1) is 6.61 Å². The molecule has 0 aromatic rings. The Labute approximate surface area is 57.0 Å². The van der Waals surface area contributed by atoms with Crippen LogP contribution in [0.2, 0.25) is 0 Å². The van der Waals surface area contributed by atoms with E-state index in [1.54, 1.807) is 12.5 Å². The van der Waals surface area contributed by atoms with Gasteiger partial charge in [-0.25, -0.2) is 0 Å². The molecule has 0 saturated heterocycles. The highest BCUT2D eigenvalue weighted by molar-refractivity contribution is 7.44. The molecule has 0 aromatic heterocycles. The van der Waals surface area contributed by atoms with Crippen LogP contribution in [-0.2, 0) is 17.3 Å². The van der Waals surface area contributed by atoms with E-state index >= 15 is 0 Å². The fraction of sp³-hybridized carbons (Fsp3) is 0.667. The second-order valence-corrected chi connectivity index (χ2v) is 1.13. The maximum absolute atomic E-state index is 9.65. The summed E-state index contributed by atoms with van der Waals surface area (Å²) in [6.07, 6.45) is 0. The monoisotopic (exact) mass is 155 g/mol. The van der Waals surface area contributed by atoms with E-state index in [9.17, 15) is 4.79 Å². The first-order valence-electron chi connectivity index (χ1n) is 1.98. The summed E-state index contributed by atoms with van der Waals surface area (Å²) < 4.78 is 8.06. The maximum atomic E-state index is 9.65. The minimum absolute atomic E-state index is 0.505. The van der Waals surface area contributed by atoms with Gasteiger partial charge in [0.2, 0.25) is 0 Å². The van der Waals surface area contributed by atoms with E-state index in [-0.39, 0.29) is 0 Å². The molecular formula is C3H9NO4S. The normalized spacial score (nSPS) is 11.0. The number of hydrogen-bond acceptors (Lipinski definition) is 4.